The zero-order chi connectivity index (χ0) is 27.5. The number of carbonyl (C=O) groups excluding carboxylic acids is 2. The van der Waals surface area contributed by atoms with Crippen LogP contribution in [-0.4, -0.2) is 35.1 Å². The highest BCUT2D eigenvalue weighted by Crippen LogP contribution is 2.74. The number of allylic oxidation sites excluding steroid dienone is 3. The number of esters is 1. The van der Waals surface area contributed by atoms with E-state index in [-0.39, 0.29) is 46.1 Å². The second-order valence-electron chi connectivity index (χ2n) is 14.0. The van der Waals surface area contributed by atoms with Crippen molar-refractivity contribution in [1.29, 1.82) is 0 Å². The molecule has 0 aromatic carbocycles. The molecule has 0 spiro atoms. The van der Waals surface area contributed by atoms with Gasteiger partial charge in [-0.3, -0.25) is 9.59 Å². The zero-order valence-electron chi connectivity index (χ0n) is 24.5. The molecule has 0 unspecified atom stereocenters. The number of aliphatic hydroxyl groups is 1. The summed E-state index contributed by atoms with van der Waals surface area (Å²) in [6, 6.07) is -0.0887. The number of rotatable bonds is 5. The molecule has 208 valence electrons. The van der Waals surface area contributed by atoms with Gasteiger partial charge in [-0.25, -0.2) is 0 Å². The lowest BCUT2D eigenvalue weighted by molar-refractivity contribution is -0.201. The van der Waals surface area contributed by atoms with Gasteiger partial charge < -0.3 is 15.6 Å². The summed E-state index contributed by atoms with van der Waals surface area (Å²) in [5.41, 5.74) is 10.2. The van der Waals surface area contributed by atoms with Crippen molar-refractivity contribution < 1.29 is 19.4 Å². The van der Waals surface area contributed by atoms with Crippen molar-refractivity contribution >= 4 is 11.8 Å². The molecule has 0 saturated heterocycles. The molecular formula is C32H51NO4. The zero-order valence-corrected chi connectivity index (χ0v) is 24.5. The van der Waals surface area contributed by atoms with Crippen LogP contribution in [0.25, 0.3) is 0 Å². The molecule has 0 aromatic rings. The minimum Gasteiger partial charge on any atom is -0.458 e. The lowest BCUT2D eigenvalue weighted by atomic mass is 9.36. The van der Waals surface area contributed by atoms with Crippen molar-refractivity contribution in [2.45, 2.75) is 125 Å². The number of carbonyl (C=O) groups is 2. The van der Waals surface area contributed by atoms with Crippen LogP contribution in [0.2, 0.25) is 0 Å². The fourth-order valence-corrected chi connectivity index (χ4v) is 9.95. The van der Waals surface area contributed by atoms with E-state index in [0.717, 1.165) is 56.1 Å². The van der Waals surface area contributed by atoms with Crippen molar-refractivity contribution in [2.24, 2.45) is 45.7 Å². The van der Waals surface area contributed by atoms with Crippen LogP contribution in [0.4, 0.5) is 0 Å². The Bertz CT molecular complexity index is 995. The van der Waals surface area contributed by atoms with E-state index in [4.69, 9.17) is 10.5 Å². The minimum atomic E-state index is -0.391. The average molecular weight is 514 g/mol. The molecule has 10 atom stereocenters. The Kier molecular flexibility index (Phi) is 7.66. The number of nitrogens with two attached hydrogens (primary N) is 1. The average Bonchev–Trinajstić information content (AvgIpc) is 3.08. The molecular weight excluding hydrogens is 462 g/mol. The predicted molar refractivity (Wildman–Crippen MR) is 148 cm³/mol. The molecule has 0 bridgehead atoms. The lowest BCUT2D eigenvalue weighted by Gasteiger charge is -2.68. The van der Waals surface area contributed by atoms with Gasteiger partial charge in [0.2, 0.25) is 0 Å². The molecule has 0 aliphatic heterocycles. The molecule has 0 heterocycles. The molecule has 3 N–H and O–H groups in total. The van der Waals surface area contributed by atoms with Crippen LogP contribution in [0.3, 0.4) is 0 Å². The highest BCUT2D eigenvalue weighted by Gasteiger charge is 2.70. The van der Waals surface area contributed by atoms with Crippen LogP contribution in [-0.2, 0) is 14.3 Å². The fourth-order valence-electron chi connectivity index (χ4n) is 9.95. The van der Waals surface area contributed by atoms with Gasteiger partial charge in [0.25, 0.3) is 0 Å². The van der Waals surface area contributed by atoms with Crippen LogP contribution in [0.1, 0.15) is 107 Å². The summed E-state index contributed by atoms with van der Waals surface area (Å²) in [5, 5.41) is 10.7. The van der Waals surface area contributed by atoms with E-state index in [1.807, 2.05) is 0 Å². The van der Waals surface area contributed by atoms with Gasteiger partial charge in [0.05, 0.1) is 6.10 Å². The summed E-state index contributed by atoms with van der Waals surface area (Å²) in [6.07, 6.45) is 8.76. The van der Waals surface area contributed by atoms with Gasteiger partial charge in [0.15, 0.2) is 5.78 Å². The van der Waals surface area contributed by atoms with Gasteiger partial charge in [-0.1, -0.05) is 39.3 Å². The number of hydrogen-bond donors (Lipinski definition) is 2. The van der Waals surface area contributed by atoms with Crippen molar-refractivity contribution in [1.82, 2.24) is 0 Å². The van der Waals surface area contributed by atoms with E-state index >= 15 is 0 Å². The SMILES string of the molecule is CC(=O)O[C@H]1C[C@@]2(C)[C@H](/C1=C(\CCC=C(C)C)C(C)=O)[C@H](N)C[C@H]1[C@@]3(C)CC[C@@H](O)[C@@H](C)[C@@H]3CC[C@@]12C. The van der Waals surface area contributed by atoms with Gasteiger partial charge in [-0.15, -0.1) is 0 Å². The number of hydrogen-bond acceptors (Lipinski definition) is 5. The Labute approximate surface area is 224 Å². The van der Waals surface area contributed by atoms with Crippen LogP contribution >= 0.6 is 0 Å². The second-order valence-corrected chi connectivity index (χ2v) is 14.0. The first-order chi connectivity index (χ1) is 17.2. The molecule has 4 fully saturated rings. The summed E-state index contributed by atoms with van der Waals surface area (Å²) in [4.78, 5) is 25.4. The van der Waals surface area contributed by atoms with Crippen LogP contribution in [0.5, 0.6) is 0 Å². The molecule has 4 rings (SSSR count). The monoisotopic (exact) mass is 513 g/mol. The highest BCUT2D eigenvalue weighted by molar-refractivity contribution is 5.94. The van der Waals surface area contributed by atoms with Gasteiger partial charge in [0, 0.05) is 18.9 Å². The van der Waals surface area contributed by atoms with E-state index in [2.05, 4.69) is 47.6 Å². The summed E-state index contributed by atoms with van der Waals surface area (Å²) >= 11 is 0. The summed E-state index contributed by atoms with van der Waals surface area (Å²) in [6.45, 7) is 16.8. The van der Waals surface area contributed by atoms with Crippen LogP contribution < -0.4 is 5.73 Å². The molecule has 0 radical (unpaired) electrons. The standard InChI is InChI=1S/C32H51NO4/c1-18(2)10-9-11-22(20(4)34)28-26(37-21(5)35)17-32(8)29(28)24(33)16-27-30(6)14-13-25(36)19(3)23(30)12-15-31(27,32)7/h10,19,23-27,29,36H,9,11-17,33H2,1-8H3/b28-22+/t19-,23-,24+,25+,26-,27-,29-,30-,31-,32-/m0/s1. The topological polar surface area (TPSA) is 89.6 Å². The molecule has 4 aliphatic rings. The Hall–Kier alpha value is -1.46. The van der Waals surface area contributed by atoms with Crippen molar-refractivity contribution in [3.8, 4) is 0 Å². The minimum absolute atomic E-state index is 0.0166. The van der Waals surface area contributed by atoms with Crippen LogP contribution in [0, 0.1) is 39.9 Å². The third kappa shape index (κ3) is 4.46. The second kappa shape index (κ2) is 9.93. The maximum absolute atomic E-state index is 13.1. The molecule has 37 heavy (non-hydrogen) atoms. The van der Waals surface area contributed by atoms with Crippen molar-refractivity contribution in [2.75, 3.05) is 0 Å². The molecule has 5 nitrogen and oxygen atoms in total. The summed E-state index contributed by atoms with van der Waals surface area (Å²) in [5.74, 6) is 1.04. The Morgan fingerprint density at radius 3 is 2.35 bits per heavy atom. The highest BCUT2D eigenvalue weighted by atomic mass is 16.5. The van der Waals surface area contributed by atoms with Gasteiger partial charge >= 0.3 is 5.97 Å². The normalized spacial score (nSPS) is 46.3. The van der Waals surface area contributed by atoms with E-state index in [9.17, 15) is 14.7 Å². The number of ketones is 1. The first-order valence-electron chi connectivity index (χ1n) is 14.7. The molecule has 4 saturated carbocycles. The smallest absolute Gasteiger partial charge is 0.303 e. The van der Waals surface area contributed by atoms with Crippen molar-refractivity contribution in [3.63, 3.8) is 0 Å². The quantitative estimate of drug-likeness (QED) is 0.262. The molecule has 5 heteroatoms. The van der Waals surface area contributed by atoms with Crippen molar-refractivity contribution in [3.05, 3.63) is 22.8 Å². The third-order valence-corrected chi connectivity index (χ3v) is 11.9. The molecule has 0 aromatic heterocycles. The maximum Gasteiger partial charge on any atom is 0.303 e. The van der Waals surface area contributed by atoms with Crippen LogP contribution in [0.15, 0.2) is 22.8 Å². The maximum atomic E-state index is 13.1. The molecule has 0 amide bonds. The number of aliphatic hydroxyl groups excluding tert-OH is 1. The fraction of sp³-hybridized carbons (Fsp3) is 0.812. The summed E-state index contributed by atoms with van der Waals surface area (Å²) < 4.78 is 6.02. The van der Waals surface area contributed by atoms with E-state index < -0.39 is 6.10 Å². The van der Waals surface area contributed by atoms with Gasteiger partial charge in [-0.2, -0.15) is 0 Å². The van der Waals surface area contributed by atoms with Gasteiger partial charge in [-0.05, 0) is 117 Å². The molecule has 4 aliphatic carbocycles. The first-order valence-corrected chi connectivity index (χ1v) is 14.7. The first kappa shape index (κ1) is 28.5. The van der Waals surface area contributed by atoms with E-state index in [0.29, 0.717) is 24.2 Å². The predicted octanol–water partition coefficient (Wildman–Crippen LogP) is 6.14. The van der Waals surface area contributed by atoms with E-state index in [1.54, 1.807) is 6.92 Å². The Morgan fingerprint density at radius 2 is 1.76 bits per heavy atom. The number of ether oxygens (including phenoxy) is 1. The third-order valence-electron chi connectivity index (χ3n) is 11.9. The number of fused-ring (bicyclic) bond motifs is 5. The Balaban J connectivity index is 1.82. The largest absolute Gasteiger partial charge is 0.458 e. The summed E-state index contributed by atoms with van der Waals surface area (Å²) in [7, 11) is 0. The van der Waals surface area contributed by atoms with E-state index in [1.165, 1.54) is 12.5 Å². The number of Topliss-reactive ketones (excluding diaryl/α,β-unsaturated/α-hetero) is 1. The van der Waals surface area contributed by atoms with Gasteiger partial charge in [0.1, 0.15) is 6.10 Å². The lowest BCUT2D eigenvalue weighted by Crippen LogP contribution is -2.65. The Morgan fingerprint density at radius 1 is 1.08 bits per heavy atom.